The van der Waals surface area contributed by atoms with Crippen molar-refractivity contribution in [1.82, 2.24) is 55.6 Å². The molecule has 1 aliphatic rings. The van der Waals surface area contributed by atoms with Gasteiger partial charge in [-0.25, -0.2) is 0 Å². The highest BCUT2D eigenvalue weighted by Gasteiger charge is 2.46. The number of rotatable bonds is 16. The van der Waals surface area contributed by atoms with E-state index in [1.165, 1.54) is 87.7 Å². The largest absolute Gasteiger partial charge is 0.390 e. The fourth-order valence-electron chi connectivity index (χ4n) is 10.9. The molecule has 1 heterocycles. The normalized spacial score (nSPS) is 26.8. The van der Waals surface area contributed by atoms with Crippen molar-refractivity contribution >= 4 is 65.0 Å². The quantitative estimate of drug-likeness (QED) is 0.149. The van der Waals surface area contributed by atoms with Crippen LogP contribution in [0.3, 0.4) is 0 Å². The van der Waals surface area contributed by atoms with E-state index in [0.29, 0.717) is 12.8 Å². The molecule has 488 valence electrons. The van der Waals surface area contributed by atoms with Crippen molar-refractivity contribution in [3.8, 4) is 0 Å². The standard InChI is InChI=1S/C62H113N11O12/c1-25-27-28-40(15)52(75)51-56(79)65-43(26-2)58(81)67(18)33-48(74)68(19)44(29-34(3)4)55(78)66-49(38(11)12)61(84)69(20)45(30-35(5)6)54(77)63-41(16)53(76)64-42(17)57(80)70(21)46(31-36(7)8)59(82)71(22)47(32-37(9)10)60(83)72(23)50(39(13)14)62(85)73(51)24/h34-47,49-52,75H,25-33H2,1-24H3,(H,63,77)(H,64,76)(H,65,79)(H,66,78)/t40-,41-,42+,43-,44+,45?,46-,47-,49-,50-,51-,52-/m1/s1. The molecular formula is C62H113N11O12. The Bertz CT molecular complexity index is 2280. The Kier molecular flexibility index (Phi) is 31.8. The Morgan fingerprint density at radius 2 is 0.847 bits per heavy atom. The van der Waals surface area contributed by atoms with Gasteiger partial charge in [-0.15, -0.1) is 0 Å². The first-order valence-corrected chi connectivity index (χ1v) is 31.0. The van der Waals surface area contributed by atoms with Crippen LogP contribution in [0, 0.1) is 41.4 Å². The van der Waals surface area contributed by atoms with E-state index < -0.39 is 156 Å². The van der Waals surface area contributed by atoms with Crippen molar-refractivity contribution in [1.29, 1.82) is 0 Å². The van der Waals surface area contributed by atoms with Crippen LogP contribution >= 0.6 is 0 Å². The van der Waals surface area contributed by atoms with E-state index in [9.17, 15) is 48.3 Å². The molecule has 1 fully saturated rings. The summed E-state index contributed by atoms with van der Waals surface area (Å²) in [5, 5.41) is 23.1. The van der Waals surface area contributed by atoms with Crippen LogP contribution in [0.4, 0.5) is 0 Å². The van der Waals surface area contributed by atoms with Crippen molar-refractivity contribution in [2.24, 2.45) is 41.4 Å². The number of likely N-dealkylation sites (N-methyl/N-ethyl adjacent to an activating group) is 7. The van der Waals surface area contributed by atoms with Gasteiger partial charge in [0.2, 0.25) is 65.0 Å². The number of amides is 11. The van der Waals surface area contributed by atoms with Gasteiger partial charge in [0.05, 0.1) is 12.6 Å². The van der Waals surface area contributed by atoms with E-state index in [1.807, 2.05) is 62.3 Å². The maximum Gasteiger partial charge on any atom is 0.246 e. The average Bonchev–Trinajstić information content (AvgIpc) is 3.62. The first-order chi connectivity index (χ1) is 39.2. The smallest absolute Gasteiger partial charge is 0.246 e. The number of hydrogen-bond donors (Lipinski definition) is 5. The van der Waals surface area contributed by atoms with E-state index in [1.54, 1.807) is 41.5 Å². The zero-order chi connectivity index (χ0) is 66.0. The minimum absolute atomic E-state index is 0.0340. The number of nitrogens with zero attached hydrogens (tertiary/aromatic N) is 7. The maximum absolute atomic E-state index is 15.1. The second kappa shape index (κ2) is 35.1. The van der Waals surface area contributed by atoms with Gasteiger partial charge in [-0.3, -0.25) is 52.7 Å². The summed E-state index contributed by atoms with van der Waals surface area (Å²) < 4.78 is 0. The van der Waals surface area contributed by atoms with Gasteiger partial charge in [-0.05, 0) is 93.8 Å². The summed E-state index contributed by atoms with van der Waals surface area (Å²) in [6.07, 6.45) is 1.20. The van der Waals surface area contributed by atoms with Gasteiger partial charge in [-0.2, -0.15) is 0 Å². The molecule has 23 heteroatoms. The summed E-state index contributed by atoms with van der Waals surface area (Å²) in [7, 11) is 9.97. The number of nitrogens with one attached hydrogen (secondary N) is 4. The molecule has 5 N–H and O–H groups in total. The van der Waals surface area contributed by atoms with Crippen LogP contribution in [-0.2, 0) is 52.7 Å². The highest BCUT2D eigenvalue weighted by atomic mass is 16.3. The summed E-state index contributed by atoms with van der Waals surface area (Å²) in [5.74, 6) is -9.50. The van der Waals surface area contributed by atoms with Crippen LogP contribution in [-0.4, -0.2) is 227 Å². The van der Waals surface area contributed by atoms with Crippen LogP contribution in [0.1, 0.15) is 169 Å². The Hall–Kier alpha value is -5.87. The van der Waals surface area contributed by atoms with Crippen molar-refractivity contribution in [2.45, 2.75) is 236 Å². The highest BCUT2D eigenvalue weighted by Crippen LogP contribution is 2.26. The molecule has 85 heavy (non-hydrogen) atoms. The molecule has 11 amide bonds. The number of hydrogen-bond acceptors (Lipinski definition) is 12. The lowest BCUT2D eigenvalue weighted by atomic mass is 9.90. The van der Waals surface area contributed by atoms with E-state index in [-0.39, 0.29) is 55.8 Å². The van der Waals surface area contributed by atoms with E-state index >= 15 is 9.59 Å². The number of carbonyl (C=O) groups is 11. The summed E-state index contributed by atoms with van der Waals surface area (Å²) in [5.41, 5.74) is 0. The Labute approximate surface area is 509 Å². The first-order valence-electron chi connectivity index (χ1n) is 31.0. The molecule has 0 aliphatic carbocycles. The molecule has 0 aromatic carbocycles. The van der Waals surface area contributed by atoms with Gasteiger partial charge >= 0.3 is 0 Å². The fourth-order valence-corrected chi connectivity index (χ4v) is 10.9. The Balaban J connectivity index is 4.31. The van der Waals surface area contributed by atoms with Crippen molar-refractivity contribution in [3.05, 3.63) is 0 Å². The van der Waals surface area contributed by atoms with Gasteiger partial charge in [0.25, 0.3) is 0 Å². The predicted molar refractivity (Wildman–Crippen MR) is 329 cm³/mol. The predicted octanol–water partition coefficient (Wildman–Crippen LogP) is 3.49. The molecule has 23 nitrogen and oxygen atoms in total. The summed E-state index contributed by atoms with van der Waals surface area (Å²) in [4.78, 5) is 169. The van der Waals surface area contributed by atoms with Gasteiger partial charge < -0.3 is 60.7 Å². The summed E-state index contributed by atoms with van der Waals surface area (Å²) in [6.45, 7) is 29.6. The molecule has 1 rings (SSSR count). The monoisotopic (exact) mass is 1200 g/mol. The summed E-state index contributed by atoms with van der Waals surface area (Å²) >= 11 is 0. The van der Waals surface area contributed by atoms with Crippen LogP contribution in [0.15, 0.2) is 0 Å². The molecule has 0 aromatic rings. The lowest BCUT2D eigenvalue weighted by molar-refractivity contribution is -0.157. The third-order valence-electron chi connectivity index (χ3n) is 16.3. The minimum atomic E-state index is -1.58. The SMILES string of the molecule is CCCC[C@@H](C)[C@@H](O)[C@@H]1C(=O)N[C@H](CC)C(=O)N(C)CC(=O)N(C)[C@@H](CC(C)C)C(=O)N[C@H](C(C)C)C(=O)N(C)C(CC(C)C)C(=O)N[C@H](C)C(=O)N[C@@H](C)C(=O)N(C)[C@H](CC(C)C)C(=O)N(C)[C@H](CC(C)C)C(=O)N(C)[C@H](C(C)C)C(=O)N1C. The zero-order valence-corrected chi connectivity index (χ0v) is 56.3. The van der Waals surface area contributed by atoms with Gasteiger partial charge in [0, 0.05) is 49.3 Å². The zero-order valence-electron chi connectivity index (χ0n) is 56.3. The second-order valence-electron chi connectivity index (χ2n) is 26.4. The number of unbranched alkanes of at least 4 members (excludes halogenated alkanes) is 1. The molecule has 12 atom stereocenters. The van der Waals surface area contributed by atoms with E-state index in [4.69, 9.17) is 0 Å². The van der Waals surface area contributed by atoms with Crippen LogP contribution < -0.4 is 21.3 Å². The lowest BCUT2D eigenvalue weighted by Gasteiger charge is -2.41. The third kappa shape index (κ3) is 21.8. The molecule has 1 saturated heterocycles. The maximum atomic E-state index is 15.1. The lowest BCUT2D eigenvalue weighted by Crippen LogP contribution is -2.63. The van der Waals surface area contributed by atoms with Crippen molar-refractivity contribution in [2.75, 3.05) is 55.9 Å². The van der Waals surface area contributed by atoms with E-state index in [0.717, 1.165) is 16.2 Å². The fraction of sp³-hybridized carbons (Fsp3) is 0.823. The molecule has 0 saturated carbocycles. The number of aliphatic hydroxyl groups excluding tert-OH is 1. The summed E-state index contributed by atoms with van der Waals surface area (Å²) in [6, 6.07) is -12.2. The Morgan fingerprint density at radius 1 is 0.435 bits per heavy atom. The topological polar surface area (TPSA) is 279 Å². The van der Waals surface area contributed by atoms with Crippen molar-refractivity contribution in [3.63, 3.8) is 0 Å². The molecule has 1 unspecified atom stereocenters. The molecule has 1 aliphatic heterocycles. The van der Waals surface area contributed by atoms with Crippen molar-refractivity contribution < 1.29 is 57.8 Å². The van der Waals surface area contributed by atoms with Crippen LogP contribution in [0.25, 0.3) is 0 Å². The van der Waals surface area contributed by atoms with Gasteiger partial charge in [0.1, 0.15) is 60.4 Å². The number of aliphatic hydroxyl groups is 1. The van der Waals surface area contributed by atoms with Gasteiger partial charge in [0.15, 0.2) is 0 Å². The van der Waals surface area contributed by atoms with Crippen LogP contribution in [0.2, 0.25) is 0 Å². The molecular weight excluding hydrogens is 1090 g/mol. The first kappa shape index (κ1) is 77.1. The minimum Gasteiger partial charge on any atom is -0.390 e. The molecule has 0 spiro atoms. The van der Waals surface area contributed by atoms with E-state index in [2.05, 4.69) is 21.3 Å². The average molecular weight is 1200 g/mol. The highest BCUT2D eigenvalue weighted by molar-refractivity contribution is 5.99. The second-order valence-corrected chi connectivity index (χ2v) is 26.4. The van der Waals surface area contributed by atoms with Crippen LogP contribution in [0.5, 0.6) is 0 Å². The third-order valence-corrected chi connectivity index (χ3v) is 16.3. The molecule has 0 bridgehead atoms. The Morgan fingerprint density at radius 3 is 1.29 bits per heavy atom. The molecule has 0 aromatic heterocycles. The van der Waals surface area contributed by atoms with Gasteiger partial charge in [-0.1, -0.05) is 117 Å². The molecule has 0 radical (unpaired) electrons. The number of carbonyl (C=O) groups excluding carboxylic acids is 11.